The molecule has 0 atom stereocenters. The molecule has 8 heteroatoms. The first-order valence-corrected chi connectivity index (χ1v) is 6.28. The summed E-state index contributed by atoms with van der Waals surface area (Å²) in [6.45, 7) is 1.86. The molecule has 0 aliphatic heterocycles. The molecule has 4 N–H and O–H groups in total. The number of oxime groups is 1. The first-order valence-electron chi connectivity index (χ1n) is 5.40. The van der Waals surface area contributed by atoms with E-state index in [-0.39, 0.29) is 11.7 Å². The number of hydrogen-bond acceptors (Lipinski definition) is 5. The lowest BCUT2D eigenvalue weighted by Crippen LogP contribution is -2.19. The van der Waals surface area contributed by atoms with Crippen molar-refractivity contribution >= 4 is 28.9 Å². The van der Waals surface area contributed by atoms with Crippen molar-refractivity contribution < 1.29 is 10.0 Å². The molecule has 0 saturated carbocycles. The van der Waals surface area contributed by atoms with E-state index in [2.05, 4.69) is 15.6 Å². The van der Waals surface area contributed by atoms with Gasteiger partial charge in [-0.1, -0.05) is 5.16 Å². The number of aromatic nitrogens is 2. The zero-order valence-electron chi connectivity index (χ0n) is 10.4. The van der Waals surface area contributed by atoms with E-state index >= 15 is 0 Å². The largest absolute Gasteiger partial charge is 0.409 e. The van der Waals surface area contributed by atoms with E-state index in [4.69, 9.17) is 10.9 Å². The number of carbonyl (C=O) groups excluding carboxylic acids is 1. The van der Waals surface area contributed by atoms with Gasteiger partial charge in [0.05, 0.1) is 16.6 Å². The minimum absolute atomic E-state index is 0.105. The maximum atomic E-state index is 12.1. The average Bonchev–Trinajstić information content (AvgIpc) is 2.96. The summed E-state index contributed by atoms with van der Waals surface area (Å²) in [4.78, 5) is 12.7. The highest BCUT2D eigenvalue weighted by Gasteiger charge is 2.17. The predicted octanol–water partition coefficient (Wildman–Crippen LogP) is 1.14. The number of amidine groups is 1. The van der Waals surface area contributed by atoms with Gasteiger partial charge in [-0.3, -0.25) is 9.48 Å². The number of amides is 1. The summed E-state index contributed by atoms with van der Waals surface area (Å²) < 4.78 is 1.45. The number of carbonyl (C=O) groups is 1. The van der Waals surface area contributed by atoms with Gasteiger partial charge in [-0.25, -0.2) is 0 Å². The Morgan fingerprint density at radius 3 is 2.95 bits per heavy atom. The highest BCUT2D eigenvalue weighted by Crippen LogP contribution is 2.19. The SMILES string of the molecule is Cc1ccsc1C(=O)Nc1c(C(N)=NO)cnn1C. The van der Waals surface area contributed by atoms with Crippen LogP contribution in [0.4, 0.5) is 5.82 Å². The summed E-state index contributed by atoms with van der Waals surface area (Å²) >= 11 is 1.35. The van der Waals surface area contributed by atoms with Crippen LogP contribution in [0.1, 0.15) is 20.8 Å². The second-order valence-electron chi connectivity index (χ2n) is 3.90. The molecule has 1 amide bonds. The molecule has 0 aliphatic carbocycles. The number of anilines is 1. The third-order valence-electron chi connectivity index (χ3n) is 2.62. The van der Waals surface area contributed by atoms with Crippen LogP contribution >= 0.6 is 11.3 Å². The standard InChI is InChI=1S/C11H13N5O2S/c1-6-3-4-19-8(6)11(17)14-10-7(9(12)15-18)5-13-16(10)2/h3-5,18H,1-2H3,(H2,12,15)(H,14,17). The summed E-state index contributed by atoms with van der Waals surface area (Å²) in [5.41, 5.74) is 6.80. The Balaban J connectivity index is 2.32. The number of rotatable bonds is 3. The van der Waals surface area contributed by atoms with E-state index in [9.17, 15) is 4.79 Å². The summed E-state index contributed by atoms with van der Waals surface area (Å²) in [5, 5.41) is 20.2. The Bertz CT molecular complexity index is 643. The quantitative estimate of drug-likeness (QED) is 0.339. The van der Waals surface area contributed by atoms with E-state index in [0.29, 0.717) is 16.3 Å². The van der Waals surface area contributed by atoms with E-state index in [1.54, 1.807) is 7.05 Å². The molecule has 0 unspecified atom stereocenters. The van der Waals surface area contributed by atoms with Crippen molar-refractivity contribution in [1.82, 2.24) is 9.78 Å². The van der Waals surface area contributed by atoms with Crippen LogP contribution in [0.3, 0.4) is 0 Å². The molecule has 0 aromatic carbocycles. The summed E-state index contributed by atoms with van der Waals surface area (Å²) in [7, 11) is 1.66. The number of nitrogens with two attached hydrogens (primary N) is 1. The Morgan fingerprint density at radius 2 is 2.37 bits per heavy atom. The fourth-order valence-electron chi connectivity index (χ4n) is 1.60. The van der Waals surface area contributed by atoms with Crippen molar-refractivity contribution in [2.75, 3.05) is 5.32 Å². The van der Waals surface area contributed by atoms with Gasteiger partial charge in [0.1, 0.15) is 5.82 Å². The normalized spacial score (nSPS) is 11.6. The van der Waals surface area contributed by atoms with Crippen LogP contribution in [0.5, 0.6) is 0 Å². The molecule has 2 aromatic heterocycles. The summed E-state index contributed by atoms with van der Waals surface area (Å²) in [6.07, 6.45) is 1.42. The Hall–Kier alpha value is -2.35. The molecule has 2 aromatic rings. The van der Waals surface area contributed by atoms with Crippen LogP contribution in [0.2, 0.25) is 0 Å². The fourth-order valence-corrected chi connectivity index (χ4v) is 2.42. The maximum absolute atomic E-state index is 12.1. The van der Waals surface area contributed by atoms with Crippen molar-refractivity contribution in [2.24, 2.45) is 17.9 Å². The molecule has 0 bridgehead atoms. The lowest BCUT2D eigenvalue weighted by atomic mass is 10.2. The Labute approximate surface area is 113 Å². The topological polar surface area (TPSA) is 106 Å². The maximum Gasteiger partial charge on any atom is 0.267 e. The molecule has 7 nitrogen and oxygen atoms in total. The van der Waals surface area contributed by atoms with Gasteiger partial charge in [0.25, 0.3) is 5.91 Å². The van der Waals surface area contributed by atoms with E-state index in [1.807, 2.05) is 18.4 Å². The van der Waals surface area contributed by atoms with Crippen molar-refractivity contribution in [3.63, 3.8) is 0 Å². The van der Waals surface area contributed by atoms with Crippen molar-refractivity contribution in [2.45, 2.75) is 6.92 Å². The van der Waals surface area contributed by atoms with Crippen LogP contribution in [-0.2, 0) is 7.05 Å². The fraction of sp³-hybridized carbons (Fsp3) is 0.182. The highest BCUT2D eigenvalue weighted by atomic mass is 32.1. The molecule has 19 heavy (non-hydrogen) atoms. The van der Waals surface area contributed by atoms with Crippen molar-refractivity contribution in [3.05, 3.63) is 33.6 Å². The smallest absolute Gasteiger partial charge is 0.267 e. The van der Waals surface area contributed by atoms with Crippen LogP contribution in [0.25, 0.3) is 0 Å². The third kappa shape index (κ3) is 2.43. The minimum Gasteiger partial charge on any atom is -0.409 e. The van der Waals surface area contributed by atoms with Gasteiger partial charge < -0.3 is 16.3 Å². The first-order chi connectivity index (χ1) is 9.04. The van der Waals surface area contributed by atoms with Gasteiger partial charge in [-0.15, -0.1) is 11.3 Å². The number of nitrogens with zero attached hydrogens (tertiary/aromatic N) is 3. The van der Waals surface area contributed by atoms with Crippen LogP contribution in [0, 0.1) is 6.92 Å². The van der Waals surface area contributed by atoms with E-state index in [0.717, 1.165) is 5.56 Å². The van der Waals surface area contributed by atoms with Gasteiger partial charge in [0, 0.05) is 7.05 Å². The van der Waals surface area contributed by atoms with Gasteiger partial charge in [-0.05, 0) is 23.9 Å². The Morgan fingerprint density at radius 1 is 1.63 bits per heavy atom. The molecule has 0 aliphatic rings. The zero-order chi connectivity index (χ0) is 14.0. The van der Waals surface area contributed by atoms with Gasteiger partial charge in [-0.2, -0.15) is 5.10 Å². The zero-order valence-corrected chi connectivity index (χ0v) is 11.2. The van der Waals surface area contributed by atoms with E-state index < -0.39 is 0 Å². The second-order valence-corrected chi connectivity index (χ2v) is 4.82. The molecular formula is C11H13N5O2S. The monoisotopic (exact) mass is 279 g/mol. The molecule has 0 radical (unpaired) electrons. The first kappa shape index (κ1) is 13.1. The van der Waals surface area contributed by atoms with Crippen molar-refractivity contribution in [3.8, 4) is 0 Å². The van der Waals surface area contributed by atoms with Crippen LogP contribution in [0.15, 0.2) is 22.8 Å². The number of thiophene rings is 1. The lowest BCUT2D eigenvalue weighted by Gasteiger charge is -2.07. The molecule has 100 valence electrons. The summed E-state index contributed by atoms with van der Waals surface area (Å²) in [5.74, 6) is 0.0301. The minimum atomic E-state index is -0.247. The molecule has 0 saturated heterocycles. The van der Waals surface area contributed by atoms with Gasteiger partial charge >= 0.3 is 0 Å². The van der Waals surface area contributed by atoms with Gasteiger partial charge in [0.15, 0.2) is 5.84 Å². The molecule has 2 rings (SSSR count). The van der Waals surface area contributed by atoms with Crippen LogP contribution < -0.4 is 11.1 Å². The molecular weight excluding hydrogens is 266 g/mol. The van der Waals surface area contributed by atoms with Crippen molar-refractivity contribution in [1.29, 1.82) is 0 Å². The average molecular weight is 279 g/mol. The van der Waals surface area contributed by atoms with Crippen LogP contribution in [-0.4, -0.2) is 26.7 Å². The molecule has 0 spiro atoms. The number of nitrogens with one attached hydrogen (secondary N) is 1. The van der Waals surface area contributed by atoms with E-state index in [1.165, 1.54) is 22.2 Å². The number of aryl methyl sites for hydroxylation is 2. The Kier molecular flexibility index (Phi) is 3.52. The highest BCUT2D eigenvalue weighted by molar-refractivity contribution is 7.12. The predicted molar refractivity (Wildman–Crippen MR) is 72.7 cm³/mol. The third-order valence-corrected chi connectivity index (χ3v) is 3.64. The molecule has 2 heterocycles. The second kappa shape index (κ2) is 5.11. The summed E-state index contributed by atoms with van der Waals surface area (Å²) in [6, 6.07) is 1.87. The number of hydrogen-bond donors (Lipinski definition) is 3. The van der Waals surface area contributed by atoms with Gasteiger partial charge in [0.2, 0.25) is 0 Å². The lowest BCUT2D eigenvalue weighted by molar-refractivity contribution is 0.102. The molecule has 0 fully saturated rings.